The summed E-state index contributed by atoms with van der Waals surface area (Å²) in [5.41, 5.74) is -0.0186. The van der Waals surface area contributed by atoms with E-state index in [9.17, 15) is 9.90 Å². The Labute approximate surface area is 121 Å². The summed E-state index contributed by atoms with van der Waals surface area (Å²) in [4.78, 5) is 15.7. The van der Waals surface area contributed by atoms with Crippen LogP contribution in [0, 0.1) is 5.92 Å². The van der Waals surface area contributed by atoms with E-state index in [1.807, 2.05) is 13.0 Å². The van der Waals surface area contributed by atoms with Crippen molar-refractivity contribution in [2.75, 3.05) is 6.61 Å². The van der Waals surface area contributed by atoms with Gasteiger partial charge in [-0.05, 0) is 54.6 Å². The molecule has 2 rings (SSSR count). The lowest BCUT2D eigenvalue weighted by atomic mass is 9.75. The third-order valence-corrected chi connectivity index (χ3v) is 4.34. The fourth-order valence-electron chi connectivity index (χ4n) is 2.61. The summed E-state index contributed by atoms with van der Waals surface area (Å²) in [7, 11) is 0. The van der Waals surface area contributed by atoms with Crippen molar-refractivity contribution < 1.29 is 14.6 Å². The molecule has 0 bridgehead atoms. The SMILES string of the molecule is CCOC(=O)C1CCC(O)(c2ccncc2Br)CC1. The maximum Gasteiger partial charge on any atom is 0.308 e. The zero-order valence-electron chi connectivity index (χ0n) is 10.9. The minimum Gasteiger partial charge on any atom is -0.466 e. The van der Waals surface area contributed by atoms with Gasteiger partial charge in [-0.3, -0.25) is 9.78 Å². The Bertz CT molecular complexity index is 456. The van der Waals surface area contributed by atoms with Gasteiger partial charge in [-0.15, -0.1) is 0 Å². The van der Waals surface area contributed by atoms with Crippen LogP contribution in [0.1, 0.15) is 38.2 Å². The highest BCUT2D eigenvalue weighted by atomic mass is 79.9. The van der Waals surface area contributed by atoms with Crippen LogP contribution in [0.3, 0.4) is 0 Å². The van der Waals surface area contributed by atoms with E-state index in [1.165, 1.54) is 0 Å². The number of ether oxygens (including phenoxy) is 1. The van der Waals surface area contributed by atoms with Crippen LogP contribution < -0.4 is 0 Å². The third kappa shape index (κ3) is 3.15. The fraction of sp³-hybridized carbons (Fsp3) is 0.571. The number of aliphatic hydroxyl groups is 1. The Kier molecular flexibility index (Phi) is 4.58. The maximum atomic E-state index is 11.7. The summed E-state index contributed by atoms with van der Waals surface area (Å²) in [6.45, 7) is 2.22. The first-order chi connectivity index (χ1) is 9.07. The lowest BCUT2D eigenvalue weighted by Crippen LogP contribution is -2.34. The average Bonchev–Trinajstić information content (AvgIpc) is 2.40. The Balaban J connectivity index is 2.06. The molecule has 104 valence electrons. The first-order valence-corrected chi connectivity index (χ1v) is 7.35. The van der Waals surface area contributed by atoms with Crippen molar-refractivity contribution in [1.82, 2.24) is 4.98 Å². The molecule has 0 unspecified atom stereocenters. The van der Waals surface area contributed by atoms with E-state index in [0.29, 0.717) is 32.3 Å². The van der Waals surface area contributed by atoms with Crippen LogP contribution in [0.4, 0.5) is 0 Å². The van der Waals surface area contributed by atoms with Crippen LogP contribution in [0.5, 0.6) is 0 Å². The maximum absolute atomic E-state index is 11.7. The Hall–Kier alpha value is -0.940. The average molecular weight is 328 g/mol. The third-order valence-electron chi connectivity index (χ3n) is 3.71. The molecule has 1 saturated carbocycles. The van der Waals surface area contributed by atoms with E-state index < -0.39 is 5.60 Å². The van der Waals surface area contributed by atoms with Gasteiger partial charge in [0.1, 0.15) is 0 Å². The normalized spacial score (nSPS) is 27.0. The first-order valence-electron chi connectivity index (χ1n) is 6.56. The Morgan fingerprint density at radius 3 is 2.84 bits per heavy atom. The van der Waals surface area contributed by atoms with Crippen LogP contribution in [0.2, 0.25) is 0 Å². The predicted octanol–water partition coefficient (Wildman–Crippen LogP) is 2.79. The van der Waals surface area contributed by atoms with Crippen LogP contribution in [0.15, 0.2) is 22.9 Å². The van der Waals surface area contributed by atoms with E-state index in [4.69, 9.17) is 4.74 Å². The van der Waals surface area contributed by atoms with Crippen LogP contribution in [0.25, 0.3) is 0 Å². The zero-order valence-corrected chi connectivity index (χ0v) is 12.5. The molecule has 1 heterocycles. The lowest BCUT2D eigenvalue weighted by molar-refractivity contribution is -0.151. The standard InChI is InChI=1S/C14H18BrNO3/c1-2-19-13(17)10-3-6-14(18,7-4-10)11-5-8-16-9-12(11)15/h5,8-10,18H,2-4,6-7H2,1H3. The summed E-state index contributed by atoms with van der Waals surface area (Å²) >= 11 is 3.42. The van der Waals surface area contributed by atoms with E-state index in [1.54, 1.807) is 12.4 Å². The van der Waals surface area contributed by atoms with Gasteiger partial charge < -0.3 is 9.84 Å². The number of carbonyl (C=O) groups is 1. The molecule has 1 aromatic heterocycles. The number of aromatic nitrogens is 1. The van der Waals surface area contributed by atoms with Crippen molar-refractivity contribution >= 4 is 21.9 Å². The molecule has 1 fully saturated rings. The molecule has 0 aliphatic heterocycles. The van der Waals surface area contributed by atoms with E-state index in [2.05, 4.69) is 20.9 Å². The lowest BCUT2D eigenvalue weighted by Gasteiger charge is -2.36. The quantitative estimate of drug-likeness (QED) is 0.867. The Morgan fingerprint density at radius 1 is 1.58 bits per heavy atom. The van der Waals surface area contributed by atoms with Gasteiger partial charge in [0.2, 0.25) is 0 Å². The van der Waals surface area contributed by atoms with Gasteiger partial charge >= 0.3 is 5.97 Å². The topological polar surface area (TPSA) is 59.4 Å². The number of pyridine rings is 1. The zero-order chi connectivity index (χ0) is 13.9. The molecule has 0 saturated heterocycles. The van der Waals surface area contributed by atoms with Gasteiger partial charge in [-0.25, -0.2) is 0 Å². The van der Waals surface area contributed by atoms with Gasteiger partial charge in [-0.2, -0.15) is 0 Å². The number of halogens is 1. The van der Waals surface area contributed by atoms with Gasteiger partial charge in [0, 0.05) is 22.4 Å². The van der Waals surface area contributed by atoms with Crippen LogP contribution in [-0.2, 0) is 15.1 Å². The molecule has 0 amide bonds. The van der Waals surface area contributed by atoms with Crippen LogP contribution >= 0.6 is 15.9 Å². The van der Waals surface area contributed by atoms with Gasteiger partial charge in [-0.1, -0.05) is 0 Å². The molecule has 0 radical (unpaired) electrons. The molecule has 5 heteroatoms. The highest BCUT2D eigenvalue weighted by Crippen LogP contribution is 2.42. The molecule has 1 N–H and O–H groups in total. The van der Waals surface area contributed by atoms with Gasteiger partial charge in [0.25, 0.3) is 0 Å². The summed E-state index contributed by atoms with van der Waals surface area (Å²) in [6.07, 6.45) is 5.81. The van der Waals surface area contributed by atoms with Crippen molar-refractivity contribution in [1.29, 1.82) is 0 Å². The second kappa shape index (κ2) is 6.01. The van der Waals surface area contributed by atoms with Crippen LogP contribution in [-0.4, -0.2) is 22.7 Å². The fourth-order valence-corrected chi connectivity index (χ4v) is 3.23. The van der Waals surface area contributed by atoms with E-state index >= 15 is 0 Å². The van der Waals surface area contributed by atoms with Crippen molar-refractivity contribution in [3.05, 3.63) is 28.5 Å². The molecular formula is C14H18BrNO3. The van der Waals surface area contributed by atoms with Gasteiger partial charge in [0.05, 0.1) is 18.1 Å². The largest absolute Gasteiger partial charge is 0.466 e. The second-order valence-electron chi connectivity index (χ2n) is 4.91. The summed E-state index contributed by atoms with van der Waals surface area (Å²) < 4.78 is 5.85. The number of nitrogens with zero attached hydrogens (tertiary/aromatic N) is 1. The molecule has 0 atom stereocenters. The number of carbonyl (C=O) groups excluding carboxylic acids is 1. The molecule has 1 aliphatic carbocycles. The molecule has 4 nitrogen and oxygen atoms in total. The summed E-state index contributed by atoms with van der Waals surface area (Å²) in [5.74, 6) is -0.223. The highest BCUT2D eigenvalue weighted by molar-refractivity contribution is 9.10. The molecule has 0 spiro atoms. The van der Waals surface area contributed by atoms with Crippen molar-refractivity contribution in [3.63, 3.8) is 0 Å². The van der Waals surface area contributed by atoms with Gasteiger partial charge in [0.15, 0.2) is 0 Å². The van der Waals surface area contributed by atoms with Crippen molar-refractivity contribution in [2.45, 2.75) is 38.2 Å². The van der Waals surface area contributed by atoms with Crippen molar-refractivity contribution in [3.8, 4) is 0 Å². The highest BCUT2D eigenvalue weighted by Gasteiger charge is 2.38. The summed E-state index contributed by atoms with van der Waals surface area (Å²) in [6, 6.07) is 1.83. The number of hydrogen-bond donors (Lipinski definition) is 1. The summed E-state index contributed by atoms with van der Waals surface area (Å²) in [5, 5.41) is 10.7. The minimum atomic E-state index is -0.870. The molecular weight excluding hydrogens is 310 g/mol. The first kappa shape index (κ1) is 14.5. The predicted molar refractivity (Wildman–Crippen MR) is 74.4 cm³/mol. The Morgan fingerprint density at radius 2 is 2.26 bits per heavy atom. The number of hydrogen-bond acceptors (Lipinski definition) is 4. The monoisotopic (exact) mass is 327 g/mol. The molecule has 1 aromatic rings. The molecule has 0 aromatic carbocycles. The van der Waals surface area contributed by atoms with E-state index in [0.717, 1.165) is 10.0 Å². The second-order valence-corrected chi connectivity index (χ2v) is 5.77. The van der Waals surface area contributed by atoms with Crippen molar-refractivity contribution in [2.24, 2.45) is 5.92 Å². The minimum absolute atomic E-state index is 0.0826. The molecule has 19 heavy (non-hydrogen) atoms. The van der Waals surface area contributed by atoms with E-state index in [-0.39, 0.29) is 11.9 Å². The number of esters is 1. The smallest absolute Gasteiger partial charge is 0.308 e. The molecule has 1 aliphatic rings. The number of rotatable bonds is 3.